The predicted octanol–water partition coefficient (Wildman–Crippen LogP) is 5.71. The van der Waals surface area contributed by atoms with Gasteiger partial charge in [0.05, 0.1) is 17.7 Å². The van der Waals surface area contributed by atoms with E-state index < -0.39 is 28.5 Å². The fourth-order valence-corrected chi connectivity index (χ4v) is 7.19. The second-order valence-corrected chi connectivity index (χ2v) is 12.8. The van der Waals surface area contributed by atoms with Crippen LogP contribution in [-0.4, -0.2) is 50.9 Å². The maximum Gasteiger partial charge on any atom is 0.264 e. The summed E-state index contributed by atoms with van der Waals surface area (Å²) >= 11 is 0. The molecule has 0 saturated heterocycles. The minimum absolute atomic E-state index is 0.0791. The summed E-state index contributed by atoms with van der Waals surface area (Å²) < 4.78 is 34.8. The number of rotatable bonds is 13. The SMILES string of the molecule is CCc1ccccc1N(CC(=O)N(Cc1cccc(OC)c1)C(CC)C(=O)NC1CCCCC1)S(=O)(=O)c1ccccc1. The molecule has 230 valence electrons. The second-order valence-electron chi connectivity index (χ2n) is 10.9. The quantitative estimate of drug-likeness (QED) is 0.269. The lowest BCUT2D eigenvalue weighted by molar-refractivity contribution is -0.140. The minimum Gasteiger partial charge on any atom is -0.497 e. The number of nitrogens with zero attached hydrogens (tertiary/aromatic N) is 2. The number of hydrogen-bond donors (Lipinski definition) is 1. The number of sulfonamides is 1. The van der Waals surface area contributed by atoms with Gasteiger partial charge in [0.1, 0.15) is 18.3 Å². The van der Waals surface area contributed by atoms with Gasteiger partial charge in [-0.25, -0.2) is 8.42 Å². The first-order chi connectivity index (χ1) is 20.8. The summed E-state index contributed by atoms with van der Waals surface area (Å²) in [4.78, 5) is 29.7. The monoisotopic (exact) mass is 605 g/mol. The standard InChI is InChI=1S/C34H43N3O5S/c1-4-27-16-12-13-22-32(27)37(43(40,41)30-20-10-7-11-21-30)25-33(38)36(24-26-15-14-19-29(23-26)42-3)31(5-2)34(39)35-28-17-8-6-9-18-28/h7,10-16,19-23,28,31H,4-6,8-9,17-18,24-25H2,1-3H3,(H,35,39). The van der Waals surface area contributed by atoms with Crippen molar-refractivity contribution < 1.29 is 22.7 Å². The number of hydrogen-bond acceptors (Lipinski definition) is 5. The van der Waals surface area contributed by atoms with Crippen molar-refractivity contribution in [1.29, 1.82) is 0 Å². The van der Waals surface area contributed by atoms with Crippen LogP contribution in [0.3, 0.4) is 0 Å². The molecule has 1 aliphatic carbocycles. The van der Waals surface area contributed by atoms with Gasteiger partial charge < -0.3 is 15.0 Å². The largest absolute Gasteiger partial charge is 0.497 e. The van der Waals surface area contributed by atoms with E-state index in [1.165, 1.54) is 21.3 Å². The molecule has 0 heterocycles. The maximum atomic E-state index is 14.4. The minimum atomic E-state index is -4.11. The first-order valence-electron chi connectivity index (χ1n) is 15.2. The van der Waals surface area contributed by atoms with Gasteiger partial charge in [0.15, 0.2) is 0 Å². The summed E-state index contributed by atoms with van der Waals surface area (Å²) in [6.07, 6.45) is 6.10. The Hall–Kier alpha value is -3.85. The zero-order valence-corrected chi connectivity index (χ0v) is 26.2. The Bertz CT molecular complexity index is 1470. The zero-order chi connectivity index (χ0) is 30.8. The third kappa shape index (κ3) is 7.96. The number of benzene rings is 3. The lowest BCUT2D eigenvalue weighted by atomic mass is 9.95. The fourth-order valence-electron chi connectivity index (χ4n) is 5.72. The molecule has 2 amide bonds. The second kappa shape index (κ2) is 15.0. The van der Waals surface area contributed by atoms with Gasteiger partial charge in [-0.15, -0.1) is 0 Å². The van der Waals surface area contributed by atoms with Gasteiger partial charge in [0, 0.05) is 12.6 Å². The fraction of sp³-hybridized carbons (Fsp3) is 0.412. The topological polar surface area (TPSA) is 96.0 Å². The maximum absolute atomic E-state index is 14.4. The normalized spacial score (nSPS) is 14.5. The summed E-state index contributed by atoms with van der Waals surface area (Å²) in [5.41, 5.74) is 2.03. The van der Waals surface area contributed by atoms with Crippen molar-refractivity contribution in [2.45, 2.75) is 82.3 Å². The molecule has 0 spiro atoms. The summed E-state index contributed by atoms with van der Waals surface area (Å²) in [6.45, 7) is 3.50. The summed E-state index contributed by atoms with van der Waals surface area (Å²) in [7, 11) is -2.53. The molecule has 3 aromatic rings. The smallest absolute Gasteiger partial charge is 0.264 e. The van der Waals surface area contributed by atoms with Gasteiger partial charge in [-0.2, -0.15) is 0 Å². The van der Waals surface area contributed by atoms with E-state index in [1.54, 1.807) is 37.4 Å². The lowest BCUT2D eigenvalue weighted by Gasteiger charge is -2.35. The van der Waals surface area contributed by atoms with Crippen LogP contribution in [0.25, 0.3) is 0 Å². The average molecular weight is 606 g/mol. The van der Waals surface area contributed by atoms with Gasteiger partial charge in [-0.05, 0) is 67.1 Å². The number of nitrogens with one attached hydrogen (secondary N) is 1. The van der Waals surface area contributed by atoms with Gasteiger partial charge in [-0.1, -0.05) is 81.6 Å². The van der Waals surface area contributed by atoms with E-state index in [0.29, 0.717) is 24.3 Å². The van der Waals surface area contributed by atoms with Crippen LogP contribution in [-0.2, 0) is 32.6 Å². The number of ether oxygens (including phenoxy) is 1. The molecule has 1 atom stereocenters. The van der Waals surface area contributed by atoms with Crippen LogP contribution < -0.4 is 14.4 Å². The van der Waals surface area contributed by atoms with Crippen molar-refractivity contribution >= 4 is 27.5 Å². The van der Waals surface area contributed by atoms with E-state index >= 15 is 0 Å². The van der Waals surface area contributed by atoms with Crippen LogP contribution in [0.4, 0.5) is 5.69 Å². The zero-order valence-electron chi connectivity index (χ0n) is 25.4. The van der Waals surface area contributed by atoms with E-state index in [0.717, 1.165) is 43.2 Å². The highest BCUT2D eigenvalue weighted by atomic mass is 32.2. The summed E-state index contributed by atoms with van der Waals surface area (Å²) in [6, 6.07) is 22.0. The molecule has 3 aromatic carbocycles. The van der Waals surface area contributed by atoms with Gasteiger partial charge in [0.2, 0.25) is 11.8 Å². The Kier molecular flexibility index (Phi) is 11.2. The first-order valence-corrected chi connectivity index (χ1v) is 16.6. The molecule has 1 aliphatic rings. The van der Waals surface area contributed by atoms with Crippen molar-refractivity contribution in [3.63, 3.8) is 0 Å². The number of para-hydroxylation sites is 1. The molecule has 0 aromatic heterocycles. The van der Waals surface area contributed by atoms with Gasteiger partial charge >= 0.3 is 0 Å². The van der Waals surface area contributed by atoms with Crippen molar-refractivity contribution in [3.8, 4) is 5.75 Å². The third-order valence-electron chi connectivity index (χ3n) is 8.08. The molecule has 1 unspecified atom stereocenters. The Morgan fingerprint density at radius 2 is 1.63 bits per heavy atom. The number of amides is 2. The highest BCUT2D eigenvalue weighted by Crippen LogP contribution is 2.29. The number of aryl methyl sites for hydroxylation is 1. The van der Waals surface area contributed by atoms with Crippen LogP contribution in [0.15, 0.2) is 83.8 Å². The van der Waals surface area contributed by atoms with Gasteiger partial charge in [0.25, 0.3) is 10.0 Å². The van der Waals surface area contributed by atoms with E-state index in [1.807, 2.05) is 50.2 Å². The predicted molar refractivity (Wildman–Crippen MR) is 169 cm³/mol. The Balaban J connectivity index is 1.73. The van der Waals surface area contributed by atoms with Crippen molar-refractivity contribution in [2.24, 2.45) is 0 Å². The molecule has 1 N–H and O–H groups in total. The molecule has 8 nitrogen and oxygen atoms in total. The highest BCUT2D eigenvalue weighted by molar-refractivity contribution is 7.92. The Labute approximate surface area is 256 Å². The Morgan fingerprint density at radius 1 is 0.930 bits per heavy atom. The number of carbonyl (C=O) groups is 2. The van der Waals surface area contributed by atoms with Crippen LogP contribution in [0.1, 0.15) is 63.5 Å². The molecule has 1 fully saturated rings. The molecule has 1 saturated carbocycles. The average Bonchev–Trinajstić information content (AvgIpc) is 3.04. The lowest BCUT2D eigenvalue weighted by Crippen LogP contribution is -2.54. The van der Waals surface area contributed by atoms with E-state index in [9.17, 15) is 18.0 Å². The molecule has 4 rings (SSSR count). The molecular formula is C34H43N3O5S. The molecule has 43 heavy (non-hydrogen) atoms. The molecule has 0 aliphatic heterocycles. The van der Waals surface area contributed by atoms with E-state index in [4.69, 9.17) is 4.74 Å². The first kappa shape index (κ1) is 32.1. The van der Waals surface area contributed by atoms with Crippen LogP contribution in [0, 0.1) is 0 Å². The van der Waals surface area contributed by atoms with Crippen molar-refractivity contribution in [1.82, 2.24) is 10.2 Å². The summed E-state index contributed by atoms with van der Waals surface area (Å²) in [5, 5.41) is 3.18. The molecule has 0 radical (unpaired) electrons. The van der Waals surface area contributed by atoms with Crippen molar-refractivity contribution in [3.05, 3.63) is 90.0 Å². The highest BCUT2D eigenvalue weighted by Gasteiger charge is 2.35. The number of anilines is 1. The van der Waals surface area contributed by atoms with Crippen LogP contribution in [0.5, 0.6) is 5.75 Å². The van der Waals surface area contributed by atoms with Crippen molar-refractivity contribution in [2.75, 3.05) is 18.0 Å². The van der Waals surface area contributed by atoms with E-state index in [2.05, 4.69) is 5.32 Å². The summed E-state index contributed by atoms with van der Waals surface area (Å²) in [5.74, 6) is -0.0364. The molecular weight excluding hydrogens is 562 g/mol. The van der Waals surface area contributed by atoms with Crippen LogP contribution >= 0.6 is 0 Å². The van der Waals surface area contributed by atoms with Gasteiger partial charge in [-0.3, -0.25) is 13.9 Å². The molecule has 9 heteroatoms. The van der Waals surface area contributed by atoms with Crippen LogP contribution in [0.2, 0.25) is 0 Å². The number of carbonyl (C=O) groups excluding carboxylic acids is 2. The van der Waals surface area contributed by atoms with E-state index in [-0.39, 0.29) is 23.4 Å². The number of methoxy groups -OCH3 is 1. The Morgan fingerprint density at radius 3 is 2.30 bits per heavy atom. The third-order valence-corrected chi connectivity index (χ3v) is 9.85. The molecule has 0 bridgehead atoms.